The van der Waals surface area contributed by atoms with Crippen molar-refractivity contribution in [2.45, 2.75) is 38.8 Å². The molecule has 0 bridgehead atoms. The zero-order valence-corrected chi connectivity index (χ0v) is 17.4. The van der Waals surface area contributed by atoms with Gasteiger partial charge in [-0.2, -0.15) is 0 Å². The summed E-state index contributed by atoms with van der Waals surface area (Å²) in [5.74, 6) is 2.20. The number of ether oxygens (including phenoxy) is 1. The Kier molecular flexibility index (Phi) is 7.27. The van der Waals surface area contributed by atoms with E-state index in [9.17, 15) is 4.39 Å². The number of guanidine groups is 1. The highest BCUT2D eigenvalue weighted by Gasteiger charge is 2.21. The van der Waals surface area contributed by atoms with Crippen LogP contribution in [0.2, 0.25) is 0 Å². The number of aromatic nitrogens is 1. The van der Waals surface area contributed by atoms with Gasteiger partial charge in [0.1, 0.15) is 23.5 Å². The Labute approximate surface area is 172 Å². The van der Waals surface area contributed by atoms with Crippen LogP contribution in [0, 0.1) is 12.7 Å². The molecule has 0 radical (unpaired) electrons. The fourth-order valence-electron chi connectivity index (χ4n) is 3.32. The van der Waals surface area contributed by atoms with Gasteiger partial charge in [0.2, 0.25) is 0 Å². The number of piperidine rings is 1. The fourth-order valence-corrected chi connectivity index (χ4v) is 3.32. The molecule has 29 heavy (non-hydrogen) atoms. The van der Waals surface area contributed by atoms with Crippen LogP contribution >= 0.6 is 0 Å². The summed E-state index contributed by atoms with van der Waals surface area (Å²) in [6, 6.07) is 10.6. The summed E-state index contributed by atoms with van der Waals surface area (Å²) in [6.07, 6.45) is 3.89. The molecule has 1 aromatic heterocycles. The third-order valence-electron chi connectivity index (χ3n) is 4.99. The zero-order valence-electron chi connectivity index (χ0n) is 17.4. The fraction of sp³-hybridized carbons (Fsp3) is 0.455. The molecule has 1 atom stereocenters. The van der Waals surface area contributed by atoms with E-state index in [0.717, 1.165) is 37.7 Å². The molecule has 1 saturated heterocycles. The van der Waals surface area contributed by atoms with E-state index >= 15 is 0 Å². The second-order valence-electron chi connectivity index (χ2n) is 7.43. The average Bonchev–Trinajstić information content (AvgIpc) is 2.74. The van der Waals surface area contributed by atoms with E-state index in [-0.39, 0.29) is 11.9 Å². The van der Waals surface area contributed by atoms with Crippen LogP contribution in [0.3, 0.4) is 0 Å². The summed E-state index contributed by atoms with van der Waals surface area (Å²) in [6.45, 7) is 6.56. The van der Waals surface area contributed by atoms with E-state index < -0.39 is 0 Å². The van der Waals surface area contributed by atoms with Crippen LogP contribution in [-0.4, -0.2) is 49.8 Å². The van der Waals surface area contributed by atoms with Crippen LogP contribution in [-0.2, 0) is 0 Å². The number of aryl methyl sites for hydroxylation is 1. The Hall–Kier alpha value is -2.83. The summed E-state index contributed by atoms with van der Waals surface area (Å²) in [4.78, 5) is 11.2. The number of benzene rings is 1. The van der Waals surface area contributed by atoms with Gasteiger partial charge in [-0.3, -0.25) is 4.99 Å². The number of nitrogens with zero attached hydrogens (tertiary/aromatic N) is 3. The number of rotatable bonds is 6. The second kappa shape index (κ2) is 10.1. The standard InChI is InChI=1S/C22H30FN5O/c1-16-4-9-21(25-14-16)28-12-10-19(11-13-28)27-22(24-3)26-15-17(2)29-20-7-5-18(23)6-8-20/h4-9,14,17,19H,10-13,15H2,1-3H3,(H2,24,26,27). The molecular weight excluding hydrogens is 369 g/mol. The minimum absolute atomic E-state index is 0.0755. The lowest BCUT2D eigenvalue weighted by Crippen LogP contribution is -2.50. The highest BCUT2D eigenvalue weighted by Crippen LogP contribution is 2.18. The Balaban J connectivity index is 1.41. The lowest BCUT2D eigenvalue weighted by molar-refractivity contribution is 0.223. The molecule has 1 aliphatic rings. The Morgan fingerprint density at radius 1 is 1.24 bits per heavy atom. The van der Waals surface area contributed by atoms with E-state index in [1.165, 1.54) is 17.7 Å². The van der Waals surface area contributed by atoms with E-state index in [1.807, 2.05) is 13.1 Å². The van der Waals surface area contributed by atoms with Gasteiger partial charge in [-0.25, -0.2) is 9.37 Å². The third kappa shape index (κ3) is 6.34. The van der Waals surface area contributed by atoms with Crippen LogP contribution in [0.25, 0.3) is 0 Å². The van der Waals surface area contributed by atoms with E-state index in [0.29, 0.717) is 18.3 Å². The minimum atomic E-state index is -0.267. The predicted molar refractivity (Wildman–Crippen MR) is 115 cm³/mol. The Morgan fingerprint density at radius 3 is 2.59 bits per heavy atom. The van der Waals surface area contributed by atoms with Crippen molar-refractivity contribution in [2.75, 3.05) is 31.6 Å². The number of hydrogen-bond acceptors (Lipinski definition) is 4. The van der Waals surface area contributed by atoms with Crippen LogP contribution in [0.5, 0.6) is 5.75 Å². The molecule has 0 spiro atoms. The SMILES string of the molecule is CN=C(NCC(C)Oc1ccc(F)cc1)NC1CCN(c2ccc(C)cn2)CC1. The lowest BCUT2D eigenvalue weighted by Gasteiger charge is -2.34. The molecule has 0 amide bonds. The molecule has 2 aromatic rings. The maximum atomic E-state index is 13.0. The number of nitrogens with one attached hydrogen (secondary N) is 2. The van der Waals surface area contributed by atoms with Crippen molar-refractivity contribution in [3.05, 3.63) is 54.0 Å². The summed E-state index contributed by atoms with van der Waals surface area (Å²) in [5.41, 5.74) is 1.18. The first-order chi connectivity index (χ1) is 14.0. The van der Waals surface area contributed by atoms with Crippen molar-refractivity contribution < 1.29 is 9.13 Å². The predicted octanol–water partition coefficient (Wildman–Crippen LogP) is 3.13. The summed E-state index contributed by atoms with van der Waals surface area (Å²) < 4.78 is 18.8. The smallest absolute Gasteiger partial charge is 0.191 e. The van der Waals surface area contributed by atoms with Crippen molar-refractivity contribution in [1.29, 1.82) is 0 Å². The number of hydrogen-bond donors (Lipinski definition) is 2. The molecule has 1 aromatic carbocycles. The van der Waals surface area contributed by atoms with Gasteiger partial charge >= 0.3 is 0 Å². The van der Waals surface area contributed by atoms with Crippen molar-refractivity contribution >= 4 is 11.8 Å². The van der Waals surface area contributed by atoms with Crippen LogP contribution in [0.4, 0.5) is 10.2 Å². The summed E-state index contributed by atoms with van der Waals surface area (Å²) in [5, 5.41) is 6.81. The molecule has 1 fully saturated rings. The Bertz CT molecular complexity index is 786. The van der Waals surface area contributed by atoms with Gasteiger partial charge in [-0.15, -0.1) is 0 Å². The van der Waals surface area contributed by atoms with Gasteiger partial charge in [0.05, 0.1) is 6.54 Å². The first kappa shape index (κ1) is 20.9. The highest BCUT2D eigenvalue weighted by molar-refractivity contribution is 5.80. The molecule has 2 heterocycles. The first-order valence-corrected chi connectivity index (χ1v) is 10.1. The molecular formula is C22H30FN5O. The maximum absolute atomic E-state index is 13.0. The summed E-state index contributed by atoms with van der Waals surface area (Å²) >= 11 is 0. The van der Waals surface area contributed by atoms with Crippen LogP contribution in [0.1, 0.15) is 25.3 Å². The number of anilines is 1. The largest absolute Gasteiger partial charge is 0.489 e. The monoisotopic (exact) mass is 399 g/mol. The van der Waals surface area contributed by atoms with Crippen molar-refractivity contribution in [3.8, 4) is 5.75 Å². The molecule has 6 nitrogen and oxygen atoms in total. The third-order valence-corrected chi connectivity index (χ3v) is 4.99. The van der Waals surface area contributed by atoms with E-state index in [1.54, 1.807) is 19.2 Å². The number of halogens is 1. The molecule has 2 N–H and O–H groups in total. The minimum Gasteiger partial charge on any atom is -0.489 e. The number of aliphatic imine (C=N–C) groups is 1. The van der Waals surface area contributed by atoms with E-state index in [4.69, 9.17) is 4.74 Å². The van der Waals surface area contributed by atoms with Gasteiger partial charge in [-0.1, -0.05) is 6.07 Å². The molecule has 0 aliphatic carbocycles. The van der Waals surface area contributed by atoms with Crippen molar-refractivity contribution in [2.24, 2.45) is 4.99 Å². The Morgan fingerprint density at radius 2 is 1.97 bits per heavy atom. The van der Waals surface area contributed by atoms with Crippen LogP contribution < -0.4 is 20.3 Å². The first-order valence-electron chi connectivity index (χ1n) is 10.1. The van der Waals surface area contributed by atoms with Crippen LogP contribution in [0.15, 0.2) is 47.6 Å². The van der Waals surface area contributed by atoms with Gasteiger partial charge in [-0.05, 0) is 62.6 Å². The molecule has 1 unspecified atom stereocenters. The molecule has 7 heteroatoms. The molecule has 3 rings (SSSR count). The highest BCUT2D eigenvalue weighted by atomic mass is 19.1. The van der Waals surface area contributed by atoms with Gasteiger partial charge in [0, 0.05) is 32.4 Å². The normalized spacial score (nSPS) is 16.4. The maximum Gasteiger partial charge on any atom is 0.191 e. The van der Waals surface area contributed by atoms with Crippen molar-refractivity contribution in [1.82, 2.24) is 15.6 Å². The quantitative estimate of drug-likeness (QED) is 0.577. The molecule has 156 valence electrons. The van der Waals surface area contributed by atoms with Gasteiger partial charge in [0.25, 0.3) is 0 Å². The molecule has 0 saturated carbocycles. The lowest BCUT2D eigenvalue weighted by atomic mass is 10.1. The zero-order chi connectivity index (χ0) is 20.6. The van der Waals surface area contributed by atoms with Gasteiger partial charge in [0.15, 0.2) is 5.96 Å². The van der Waals surface area contributed by atoms with E-state index in [2.05, 4.69) is 44.6 Å². The number of pyridine rings is 1. The molecule has 1 aliphatic heterocycles. The summed E-state index contributed by atoms with van der Waals surface area (Å²) in [7, 11) is 1.77. The average molecular weight is 400 g/mol. The van der Waals surface area contributed by atoms with Crippen molar-refractivity contribution in [3.63, 3.8) is 0 Å². The van der Waals surface area contributed by atoms with Gasteiger partial charge < -0.3 is 20.3 Å². The topological polar surface area (TPSA) is 61.8 Å². The second-order valence-corrected chi connectivity index (χ2v) is 7.43.